The molecule has 1 aromatic carbocycles. The molecule has 1 heterocycles. The van der Waals surface area contributed by atoms with Gasteiger partial charge in [0.15, 0.2) is 0 Å². The van der Waals surface area contributed by atoms with Gasteiger partial charge in [-0.1, -0.05) is 45.0 Å². The summed E-state index contributed by atoms with van der Waals surface area (Å²) in [6.07, 6.45) is 0. The number of aromatic nitrogens is 2. The Hall–Kier alpha value is -2.47. The van der Waals surface area contributed by atoms with Crippen LogP contribution in [0.3, 0.4) is 0 Å². The van der Waals surface area contributed by atoms with Crippen LogP contribution in [0.5, 0.6) is 0 Å². The third-order valence-electron chi connectivity index (χ3n) is 4.13. The quantitative estimate of drug-likeness (QED) is 0.627. The Balaban J connectivity index is 2.33. The smallest absolute Gasteiger partial charge is 0.262 e. The van der Waals surface area contributed by atoms with Gasteiger partial charge in [0.2, 0.25) is 0 Å². The van der Waals surface area contributed by atoms with Gasteiger partial charge in [-0.25, -0.2) is 4.98 Å². The molecule has 0 saturated heterocycles. The standard InChI is InChI=1S/C19H26N4O2/c1-11(13-6-8-14(9-7-13)19(3,4)5)21-17-16(15(20)10-24)18(25)23-12(2)22-17/h6-9,11,20,24H,10H2,1-5H3,(H2,21,22,23,25). The number of aliphatic hydroxyl groups is 1. The lowest BCUT2D eigenvalue weighted by atomic mass is 9.86. The van der Waals surface area contributed by atoms with E-state index in [0.29, 0.717) is 11.6 Å². The van der Waals surface area contributed by atoms with Crippen molar-refractivity contribution in [2.24, 2.45) is 0 Å². The Morgan fingerprint density at radius 2 is 1.92 bits per heavy atom. The first-order valence-electron chi connectivity index (χ1n) is 8.30. The van der Waals surface area contributed by atoms with Crippen molar-refractivity contribution >= 4 is 11.5 Å². The van der Waals surface area contributed by atoms with E-state index in [1.165, 1.54) is 5.56 Å². The second-order valence-electron chi connectivity index (χ2n) is 7.25. The maximum Gasteiger partial charge on any atom is 0.262 e. The summed E-state index contributed by atoms with van der Waals surface area (Å²) in [7, 11) is 0. The van der Waals surface area contributed by atoms with Crippen molar-refractivity contribution in [2.75, 3.05) is 11.9 Å². The van der Waals surface area contributed by atoms with Crippen LogP contribution in [0.4, 0.5) is 5.82 Å². The lowest BCUT2D eigenvalue weighted by Crippen LogP contribution is -2.25. The summed E-state index contributed by atoms with van der Waals surface area (Å²) < 4.78 is 0. The molecule has 1 atom stereocenters. The largest absolute Gasteiger partial charge is 0.390 e. The Labute approximate surface area is 147 Å². The summed E-state index contributed by atoms with van der Waals surface area (Å²) >= 11 is 0. The minimum Gasteiger partial charge on any atom is -0.390 e. The molecule has 25 heavy (non-hydrogen) atoms. The van der Waals surface area contributed by atoms with Gasteiger partial charge in [0.05, 0.1) is 12.3 Å². The molecule has 0 spiro atoms. The molecule has 0 fully saturated rings. The number of nitrogens with one attached hydrogen (secondary N) is 3. The number of anilines is 1. The van der Waals surface area contributed by atoms with Gasteiger partial charge in [0.1, 0.15) is 17.2 Å². The molecule has 0 aliphatic rings. The third kappa shape index (κ3) is 4.33. The van der Waals surface area contributed by atoms with Crippen molar-refractivity contribution in [2.45, 2.75) is 46.1 Å². The molecule has 0 radical (unpaired) electrons. The van der Waals surface area contributed by atoms with E-state index in [4.69, 9.17) is 5.41 Å². The molecular formula is C19H26N4O2. The Morgan fingerprint density at radius 3 is 2.44 bits per heavy atom. The van der Waals surface area contributed by atoms with E-state index in [2.05, 4.69) is 60.3 Å². The van der Waals surface area contributed by atoms with Crippen LogP contribution in [0.25, 0.3) is 0 Å². The van der Waals surface area contributed by atoms with Crippen LogP contribution in [0.1, 0.15) is 56.3 Å². The molecule has 0 amide bonds. The second-order valence-corrected chi connectivity index (χ2v) is 7.25. The molecule has 0 bridgehead atoms. The van der Waals surface area contributed by atoms with Gasteiger partial charge < -0.3 is 20.8 Å². The fraction of sp³-hybridized carbons (Fsp3) is 0.421. The molecule has 1 unspecified atom stereocenters. The summed E-state index contributed by atoms with van der Waals surface area (Å²) in [6, 6.07) is 8.19. The summed E-state index contributed by atoms with van der Waals surface area (Å²) in [5, 5.41) is 20.3. The van der Waals surface area contributed by atoms with Crippen LogP contribution in [0.2, 0.25) is 0 Å². The molecule has 0 aliphatic carbocycles. The Morgan fingerprint density at radius 1 is 1.32 bits per heavy atom. The summed E-state index contributed by atoms with van der Waals surface area (Å²) in [5.41, 5.74) is 1.87. The van der Waals surface area contributed by atoms with Gasteiger partial charge in [-0.05, 0) is 30.4 Å². The number of hydrogen-bond donors (Lipinski definition) is 4. The first-order valence-corrected chi connectivity index (χ1v) is 8.30. The molecule has 4 N–H and O–H groups in total. The predicted molar refractivity (Wildman–Crippen MR) is 101 cm³/mol. The monoisotopic (exact) mass is 342 g/mol. The molecule has 1 aromatic heterocycles. The van der Waals surface area contributed by atoms with E-state index in [-0.39, 0.29) is 22.7 Å². The molecule has 6 heteroatoms. The van der Waals surface area contributed by atoms with Gasteiger partial charge in [-0.15, -0.1) is 0 Å². The van der Waals surface area contributed by atoms with Gasteiger partial charge in [0, 0.05) is 6.04 Å². The number of aromatic amines is 1. The highest BCUT2D eigenvalue weighted by Crippen LogP contribution is 2.25. The van der Waals surface area contributed by atoms with E-state index in [1.54, 1.807) is 6.92 Å². The van der Waals surface area contributed by atoms with Crippen LogP contribution in [0, 0.1) is 12.3 Å². The first-order chi connectivity index (χ1) is 11.6. The third-order valence-corrected chi connectivity index (χ3v) is 4.13. The van der Waals surface area contributed by atoms with Crippen LogP contribution in [0.15, 0.2) is 29.1 Å². The lowest BCUT2D eigenvalue weighted by molar-refractivity contribution is 0.357. The minimum atomic E-state index is -0.517. The van der Waals surface area contributed by atoms with E-state index in [9.17, 15) is 9.90 Å². The zero-order valence-corrected chi connectivity index (χ0v) is 15.4. The van der Waals surface area contributed by atoms with Gasteiger partial charge in [0.25, 0.3) is 5.56 Å². The summed E-state index contributed by atoms with van der Waals surface area (Å²) in [6.45, 7) is 9.63. The van der Waals surface area contributed by atoms with Gasteiger partial charge in [-0.3, -0.25) is 4.79 Å². The van der Waals surface area contributed by atoms with Crippen LogP contribution in [-0.2, 0) is 5.41 Å². The number of aryl methyl sites for hydroxylation is 1. The number of nitrogens with zero attached hydrogens (tertiary/aromatic N) is 1. The number of hydrogen-bond acceptors (Lipinski definition) is 5. The van der Waals surface area contributed by atoms with Crippen molar-refractivity contribution in [3.63, 3.8) is 0 Å². The first kappa shape index (κ1) is 18.9. The van der Waals surface area contributed by atoms with Crippen LogP contribution < -0.4 is 10.9 Å². The van der Waals surface area contributed by atoms with Crippen molar-refractivity contribution < 1.29 is 5.11 Å². The normalized spacial score (nSPS) is 12.7. The highest BCUT2D eigenvalue weighted by Gasteiger charge is 2.18. The minimum absolute atomic E-state index is 0.0752. The number of benzene rings is 1. The second kappa shape index (κ2) is 7.19. The van der Waals surface area contributed by atoms with Gasteiger partial charge in [-0.2, -0.15) is 0 Å². The van der Waals surface area contributed by atoms with Crippen LogP contribution >= 0.6 is 0 Å². The Kier molecular flexibility index (Phi) is 5.42. The molecule has 2 aromatic rings. The SMILES string of the molecule is Cc1nc(NC(C)c2ccc(C(C)(C)C)cc2)c(C(=N)CO)c(=O)[nH]1. The molecule has 6 nitrogen and oxygen atoms in total. The lowest BCUT2D eigenvalue weighted by Gasteiger charge is -2.21. The highest BCUT2D eigenvalue weighted by molar-refractivity contribution is 6.02. The van der Waals surface area contributed by atoms with Crippen molar-refractivity contribution in [3.8, 4) is 0 Å². The van der Waals surface area contributed by atoms with E-state index in [0.717, 1.165) is 5.56 Å². The van der Waals surface area contributed by atoms with Gasteiger partial charge >= 0.3 is 0 Å². The fourth-order valence-electron chi connectivity index (χ4n) is 2.61. The fourth-order valence-corrected chi connectivity index (χ4v) is 2.61. The molecular weight excluding hydrogens is 316 g/mol. The molecule has 0 saturated carbocycles. The van der Waals surface area contributed by atoms with Crippen LogP contribution in [-0.4, -0.2) is 27.4 Å². The van der Waals surface area contributed by atoms with E-state index < -0.39 is 12.2 Å². The average Bonchev–Trinajstić information content (AvgIpc) is 2.53. The maximum absolute atomic E-state index is 12.1. The number of H-pyrrole nitrogens is 1. The number of aliphatic hydroxyl groups excluding tert-OH is 1. The zero-order valence-electron chi connectivity index (χ0n) is 15.4. The molecule has 134 valence electrons. The summed E-state index contributed by atoms with van der Waals surface area (Å²) in [4.78, 5) is 19.0. The zero-order chi connectivity index (χ0) is 18.8. The van der Waals surface area contributed by atoms with E-state index >= 15 is 0 Å². The topological polar surface area (TPSA) is 102 Å². The summed E-state index contributed by atoms with van der Waals surface area (Å²) in [5.74, 6) is 0.768. The van der Waals surface area contributed by atoms with Crippen molar-refractivity contribution in [3.05, 3.63) is 57.1 Å². The highest BCUT2D eigenvalue weighted by atomic mass is 16.3. The van der Waals surface area contributed by atoms with Crippen molar-refractivity contribution in [1.29, 1.82) is 5.41 Å². The molecule has 0 aliphatic heterocycles. The van der Waals surface area contributed by atoms with E-state index in [1.807, 2.05) is 6.92 Å². The Bertz CT molecular complexity index is 817. The maximum atomic E-state index is 12.1. The predicted octanol–water partition coefficient (Wildman–Crippen LogP) is 2.91. The van der Waals surface area contributed by atoms with Crippen molar-refractivity contribution in [1.82, 2.24) is 9.97 Å². The molecule has 2 rings (SSSR count). The average molecular weight is 342 g/mol. The number of rotatable bonds is 5.